The van der Waals surface area contributed by atoms with Gasteiger partial charge in [-0.2, -0.15) is 0 Å². The smallest absolute Gasteiger partial charge is 0.409 e. The first-order valence-corrected chi connectivity index (χ1v) is 8.35. The molecule has 1 saturated heterocycles. The summed E-state index contributed by atoms with van der Waals surface area (Å²) in [7, 11) is 0. The van der Waals surface area contributed by atoms with Crippen LogP contribution < -0.4 is 0 Å². The number of nitrogens with one attached hydrogen (secondary N) is 1. The van der Waals surface area contributed by atoms with E-state index in [9.17, 15) is 9.59 Å². The molecule has 6 heteroatoms. The summed E-state index contributed by atoms with van der Waals surface area (Å²) in [5.74, 6) is 0.0981. The van der Waals surface area contributed by atoms with E-state index in [-0.39, 0.29) is 12.0 Å². The van der Waals surface area contributed by atoms with E-state index in [4.69, 9.17) is 4.74 Å². The Hall–Kier alpha value is -2.50. The van der Waals surface area contributed by atoms with Gasteiger partial charge in [-0.3, -0.25) is 4.79 Å². The number of carbonyl (C=O) groups excluding carboxylic acids is 2. The molecule has 2 aromatic rings. The van der Waals surface area contributed by atoms with E-state index < -0.39 is 0 Å². The summed E-state index contributed by atoms with van der Waals surface area (Å²) >= 11 is 0. The van der Waals surface area contributed by atoms with Crippen molar-refractivity contribution in [1.82, 2.24) is 14.8 Å². The predicted octanol–water partition coefficient (Wildman–Crippen LogP) is 2.32. The van der Waals surface area contributed by atoms with Gasteiger partial charge < -0.3 is 19.5 Å². The molecule has 24 heavy (non-hydrogen) atoms. The Kier molecular flexibility index (Phi) is 4.74. The van der Waals surface area contributed by atoms with Gasteiger partial charge in [0.2, 0.25) is 5.91 Å². The van der Waals surface area contributed by atoms with Gasteiger partial charge in [0.25, 0.3) is 0 Å². The number of carbonyl (C=O) groups is 2. The Bertz CT molecular complexity index is 745. The van der Waals surface area contributed by atoms with Gasteiger partial charge in [-0.05, 0) is 25.0 Å². The minimum atomic E-state index is -0.295. The Balaban J connectivity index is 1.62. The normalized spacial score (nSPS) is 14.9. The number of rotatable bonds is 3. The molecule has 1 N–H and O–H groups in total. The van der Waals surface area contributed by atoms with Gasteiger partial charge in [0.05, 0.1) is 13.0 Å². The van der Waals surface area contributed by atoms with E-state index >= 15 is 0 Å². The van der Waals surface area contributed by atoms with Crippen LogP contribution in [0.5, 0.6) is 0 Å². The van der Waals surface area contributed by atoms with Crippen LogP contribution in [-0.2, 0) is 16.0 Å². The van der Waals surface area contributed by atoms with Gasteiger partial charge in [0.1, 0.15) is 0 Å². The molecular weight excluding hydrogens is 306 g/mol. The van der Waals surface area contributed by atoms with E-state index in [1.807, 2.05) is 23.2 Å². The molecule has 0 radical (unpaired) electrons. The molecule has 128 valence electrons. The van der Waals surface area contributed by atoms with Crippen LogP contribution in [-0.4, -0.2) is 59.6 Å². The second-order valence-electron chi connectivity index (χ2n) is 6.05. The lowest BCUT2D eigenvalue weighted by Crippen LogP contribution is -2.51. The van der Waals surface area contributed by atoms with Crippen LogP contribution in [0.4, 0.5) is 4.79 Å². The highest BCUT2D eigenvalue weighted by Gasteiger charge is 2.25. The molecule has 1 aliphatic heterocycles. The molecule has 1 fully saturated rings. The standard InChI is InChI=1S/C18H23N3O3/c1-3-24-18(23)21-9-7-20(8-10-21)16(22)11-14-12-19-17-13(2)5-4-6-15(14)17/h4-6,12,19H,3,7-11H2,1-2H3. The fraction of sp³-hybridized carbons (Fsp3) is 0.444. The van der Waals surface area contributed by atoms with Crippen molar-refractivity contribution in [1.29, 1.82) is 0 Å². The maximum absolute atomic E-state index is 12.6. The Morgan fingerprint density at radius 3 is 2.58 bits per heavy atom. The topological polar surface area (TPSA) is 65.6 Å². The number of hydrogen-bond donors (Lipinski definition) is 1. The molecule has 1 aromatic heterocycles. The lowest BCUT2D eigenvalue weighted by molar-refractivity contribution is -0.132. The Morgan fingerprint density at radius 2 is 1.88 bits per heavy atom. The van der Waals surface area contributed by atoms with E-state index in [1.165, 1.54) is 5.56 Å². The van der Waals surface area contributed by atoms with E-state index in [1.54, 1.807) is 11.8 Å². The zero-order valence-electron chi connectivity index (χ0n) is 14.2. The summed E-state index contributed by atoms with van der Waals surface area (Å²) in [5, 5.41) is 1.11. The number of nitrogens with zero attached hydrogens (tertiary/aromatic N) is 2. The van der Waals surface area contributed by atoms with Crippen molar-refractivity contribution in [2.75, 3.05) is 32.8 Å². The number of H-pyrrole nitrogens is 1. The van der Waals surface area contributed by atoms with Crippen molar-refractivity contribution in [3.05, 3.63) is 35.5 Å². The maximum atomic E-state index is 12.6. The number of aromatic nitrogens is 1. The molecule has 2 amide bonds. The van der Waals surface area contributed by atoms with Crippen LogP contribution in [0.1, 0.15) is 18.1 Å². The number of hydrogen-bond acceptors (Lipinski definition) is 3. The van der Waals surface area contributed by atoms with E-state index in [0.717, 1.165) is 16.5 Å². The highest BCUT2D eigenvalue weighted by atomic mass is 16.6. The first kappa shape index (κ1) is 16.4. The minimum Gasteiger partial charge on any atom is -0.450 e. The molecule has 1 aromatic carbocycles. The maximum Gasteiger partial charge on any atom is 0.409 e. The van der Waals surface area contributed by atoms with Gasteiger partial charge in [-0.15, -0.1) is 0 Å². The summed E-state index contributed by atoms with van der Waals surface area (Å²) in [6.45, 7) is 6.38. The number of para-hydroxylation sites is 1. The van der Waals surface area contributed by atoms with E-state index in [0.29, 0.717) is 39.2 Å². The summed E-state index contributed by atoms with van der Waals surface area (Å²) < 4.78 is 5.00. The van der Waals surface area contributed by atoms with Crippen LogP contribution in [0.2, 0.25) is 0 Å². The second kappa shape index (κ2) is 6.95. The van der Waals surface area contributed by atoms with Crippen LogP contribution in [0, 0.1) is 6.92 Å². The molecule has 0 unspecified atom stereocenters. The number of amides is 2. The van der Waals surface area contributed by atoms with E-state index in [2.05, 4.69) is 18.0 Å². The van der Waals surface area contributed by atoms with Crippen molar-refractivity contribution < 1.29 is 14.3 Å². The van der Waals surface area contributed by atoms with Crippen LogP contribution in [0.15, 0.2) is 24.4 Å². The quantitative estimate of drug-likeness (QED) is 0.940. The summed E-state index contributed by atoms with van der Waals surface area (Å²) in [5.41, 5.74) is 3.29. The number of piperazine rings is 1. The molecule has 2 heterocycles. The Labute approximate surface area is 141 Å². The van der Waals surface area contributed by atoms with Gasteiger partial charge >= 0.3 is 6.09 Å². The average Bonchev–Trinajstić information content (AvgIpc) is 2.99. The summed E-state index contributed by atoms with van der Waals surface area (Å²) in [4.78, 5) is 31.0. The lowest BCUT2D eigenvalue weighted by atomic mass is 10.1. The molecule has 3 rings (SSSR count). The zero-order valence-corrected chi connectivity index (χ0v) is 14.2. The van der Waals surface area contributed by atoms with Gasteiger partial charge in [-0.1, -0.05) is 18.2 Å². The van der Waals surface area contributed by atoms with Crippen LogP contribution in [0.25, 0.3) is 10.9 Å². The monoisotopic (exact) mass is 329 g/mol. The highest BCUT2D eigenvalue weighted by Crippen LogP contribution is 2.22. The zero-order chi connectivity index (χ0) is 17.1. The molecular formula is C18H23N3O3. The first-order chi connectivity index (χ1) is 11.6. The molecule has 0 bridgehead atoms. The van der Waals surface area contributed by atoms with Gasteiger partial charge in [0, 0.05) is 43.3 Å². The third kappa shape index (κ3) is 3.22. The summed E-state index contributed by atoms with van der Waals surface area (Å²) in [6, 6.07) is 6.11. The second-order valence-corrected chi connectivity index (χ2v) is 6.05. The lowest BCUT2D eigenvalue weighted by Gasteiger charge is -2.34. The van der Waals surface area contributed by atoms with Crippen molar-refractivity contribution in [3.8, 4) is 0 Å². The van der Waals surface area contributed by atoms with Crippen molar-refractivity contribution in [2.45, 2.75) is 20.3 Å². The van der Waals surface area contributed by atoms with Crippen LogP contribution in [0.3, 0.4) is 0 Å². The van der Waals surface area contributed by atoms with Crippen molar-refractivity contribution >= 4 is 22.9 Å². The number of ether oxygens (including phenoxy) is 1. The van der Waals surface area contributed by atoms with Crippen molar-refractivity contribution in [3.63, 3.8) is 0 Å². The number of aromatic amines is 1. The molecule has 0 aliphatic carbocycles. The largest absolute Gasteiger partial charge is 0.450 e. The van der Waals surface area contributed by atoms with Crippen molar-refractivity contribution in [2.24, 2.45) is 0 Å². The number of benzene rings is 1. The van der Waals surface area contributed by atoms with Crippen LogP contribution >= 0.6 is 0 Å². The van der Waals surface area contributed by atoms with Gasteiger partial charge in [-0.25, -0.2) is 4.79 Å². The molecule has 0 saturated carbocycles. The third-order valence-electron chi connectivity index (χ3n) is 4.51. The SMILES string of the molecule is CCOC(=O)N1CCN(C(=O)Cc2c[nH]c3c(C)cccc23)CC1. The third-order valence-corrected chi connectivity index (χ3v) is 4.51. The Morgan fingerprint density at radius 1 is 1.17 bits per heavy atom. The molecule has 1 aliphatic rings. The number of aryl methyl sites for hydroxylation is 1. The number of fused-ring (bicyclic) bond motifs is 1. The first-order valence-electron chi connectivity index (χ1n) is 8.35. The molecule has 0 spiro atoms. The highest BCUT2D eigenvalue weighted by molar-refractivity contribution is 5.90. The average molecular weight is 329 g/mol. The minimum absolute atomic E-state index is 0.0981. The van der Waals surface area contributed by atoms with Gasteiger partial charge in [0.15, 0.2) is 0 Å². The fourth-order valence-electron chi connectivity index (χ4n) is 3.14. The molecule has 0 atom stereocenters. The predicted molar refractivity (Wildman–Crippen MR) is 91.9 cm³/mol. The fourth-order valence-corrected chi connectivity index (χ4v) is 3.14. The molecule has 6 nitrogen and oxygen atoms in total. The summed E-state index contributed by atoms with van der Waals surface area (Å²) in [6.07, 6.45) is 2.00.